The number of carbonyl (C=O) groups is 1. The molecule has 5 nitrogen and oxygen atoms in total. The van der Waals surface area contributed by atoms with Crippen molar-refractivity contribution in [3.63, 3.8) is 0 Å². The minimum absolute atomic E-state index is 0.0324. The number of hydrogen-bond donors (Lipinski definition) is 1. The Morgan fingerprint density at radius 2 is 2.35 bits per heavy atom. The van der Waals surface area contributed by atoms with Crippen molar-refractivity contribution in [1.29, 1.82) is 0 Å². The number of aromatic nitrogens is 2. The number of halogens is 1. The average molecular weight is 357 g/mol. The summed E-state index contributed by atoms with van der Waals surface area (Å²) >= 11 is 5.07. The lowest BCUT2D eigenvalue weighted by Gasteiger charge is -2.22. The van der Waals surface area contributed by atoms with Crippen LogP contribution in [0.5, 0.6) is 0 Å². The van der Waals surface area contributed by atoms with Gasteiger partial charge in [0.05, 0.1) is 16.5 Å². The van der Waals surface area contributed by atoms with Crippen molar-refractivity contribution in [2.24, 2.45) is 7.05 Å². The molecule has 0 aliphatic rings. The Bertz CT molecular complexity index is 595. The van der Waals surface area contributed by atoms with E-state index in [1.165, 1.54) is 0 Å². The van der Waals surface area contributed by atoms with E-state index in [-0.39, 0.29) is 11.9 Å². The van der Waals surface area contributed by atoms with E-state index < -0.39 is 0 Å². The molecule has 2 aromatic rings. The van der Waals surface area contributed by atoms with E-state index in [0.29, 0.717) is 6.54 Å². The van der Waals surface area contributed by atoms with E-state index in [4.69, 9.17) is 0 Å². The van der Waals surface area contributed by atoms with Crippen LogP contribution >= 0.6 is 27.3 Å². The molecule has 2 heterocycles. The highest BCUT2D eigenvalue weighted by Gasteiger charge is 2.23. The van der Waals surface area contributed by atoms with Crippen molar-refractivity contribution in [3.05, 3.63) is 38.8 Å². The molecule has 0 bridgehead atoms. The minimum Gasteiger partial charge on any atom is -0.339 e. The molecular weight excluding hydrogens is 340 g/mol. The molecule has 0 spiro atoms. The van der Waals surface area contributed by atoms with Crippen LogP contribution in [0.1, 0.15) is 16.5 Å². The van der Waals surface area contributed by atoms with Crippen LogP contribution in [0.15, 0.2) is 28.3 Å². The fourth-order valence-corrected chi connectivity index (χ4v) is 3.53. The summed E-state index contributed by atoms with van der Waals surface area (Å²) in [6.45, 7) is 0.605. The van der Waals surface area contributed by atoms with E-state index in [1.54, 1.807) is 34.2 Å². The van der Waals surface area contributed by atoms with Crippen molar-refractivity contribution in [3.8, 4) is 0 Å². The lowest BCUT2D eigenvalue weighted by Crippen LogP contribution is -2.36. The zero-order valence-corrected chi connectivity index (χ0v) is 14.0. The first-order valence-corrected chi connectivity index (χ1v) is 7.77. The normalized spacial score (nSPS) is 12.4. The van der Waals surface area contributed by atoms with E-state index in [1.807, 2.05) is 32.4 Å². The zero-order chi connectivity index (χ0) is 14.7. The molecule has 1 atom stereocenters. The van der Waals surface area contributed by atoms with Gasteiger partial charge in [0.25, 0.3) is 0 Å². The quantitative estimate of drug-likeness (QED) is 0.892. The lowest BCUT2D eigenvalue weighted by molar-refractivity contribution is -0.132. The van der Waals surface area contributed by atoms with E-state index in [9.17, 15) is 4.79 Å². The van der Waals surface area contributed by atoms with Crippen LogP contribution in [-0.2, 0) is 18.4 Å². The number of thiophene rings is 1. The Balaban J connectivity index is 2.08. The second kappa shape index (κ2) is 6.51. The first-order valence-electron chi connectivity index (χ1n) is 6.16. The smallest absolute Gasteiger partial charge is 0.244 e. The fraction of sp³-hybridized carbons (Fsp3) is 0.385. The predicted octanol–water partition coefficient (Wildman–Crippen LogP) is 2.16. The summed E-state index contributed by atoms with van der Waals surface area (Å²) in [6.07, 6.45) is 3.57. The number of likely N-dealkylation sites (N-methyl/N-ethyl adjacent to an activating group) is 2. The van der Waals surface area contributed by atoms with Crippen LogP contribution < -0.4 is 5.32 Å². The van der Waals surface area contributed by atoms with Crippen LogP contribution in [0.2, 0.25) is 0 Å². The third-order valence-corrected chi connectivity index (χ3v) is 4.60. The summed E-state index contributed by atoms with van der Waals surface area (Å²) in [5, 5.41) is 7.17. The molecule has 0 aromatic carbocycles. The number of carbonyl (C=O) groups excluding carboxylic acids is 1. The topological polar surface area (TPSA) is 50.2 Å². The standard InChI is InChI=1S/C13H17BrN4OS/c1-15-12(9-6-16-18(3)7-9)13(19)17(2)8-10-4-5-11(14)20-10/h4-7,12,15H,8H2,1-3H3. The Morgan fingerprint density at radius 1 is 1.60 bits per heavy atom. The molecule has 108 valence electrons. The zero-order valence-electron chi connectivity index (χ0n) is 11.6. The van der Waals surface area contributed by atoms with Gasteiger partial charge in [-0.15, -0.1) is 11.3 Å². The van der Waals surface area contributed by atoms with Crippen LogP contribution in [0, 0.1) is 0 Å². The number of amides is 1. The van der Waals surface area contributed by atoms with Gasteiger partial charge >= 0.3 is 0 Å². The van der Waals surface area contributed by atoms with Gasteiger partial charge in [0.1, 0.15) is 6.04 Å². The van der Waals surface area contributed by atoms with Gasteiger partial charge in [-0.05, 0) is 35.1 Å². The highest BCUT2D eigenvalue weighted by Crippen LogP contribution is 2.24. The fourth-order valence-electron chi connectivity index (χ4n) is 1.99. The van der Waals surface area contributed by atoms with Gasteiger partial charge in [0.2, 0.25) is 5.91 Å². The monoisotopic (exact) mass is 356 g/mol. The third kappa shape index (κ3) is 3.47. The molecule has 1 unspecified atom stereocenters. The van der Waals surface area contributed by atoms with Gasteiger partial charge in [-0.25, -0.2) is 0 Å². The summed E-state index contributed by atoms with van der Waals surface area (Å²) in [5.41, 5.74) is 0.874. The second-order valence-corrected chi connectivity index (χ2v) is 7.12. The Labute approximate surface area is 130 Å². The van der Waals surface area contributed by atoms with Crippen LogP contribution in [0.3, 0.4) is 0 Å². The Kier molecular flexibility index (Phi) is 4.95. The van der Waals surface area contributed by atoms with Gasteiger partial charge in [-0.1, -0.05) is 0 Å². The average Bonchev–Trinajstić information content (AvgIpc) is 2.99. The molecule has 0 saturated heterocycles. The summed E-state index contributed by atoms with van der Waals surface area (Å²) in [6, 6.07) is 3.66. The SMILES string of the molecule is CNC(C(=O)N(C)Cc1ccc(Br)s1)c1cnn(C)c1. The highest BCUT2D eigenvalue weighted by molar-refractivity contribution is 9.11. The summed E-state index contributed by atoms with van der Waals surface area (Å²) in [5.74, 6) is 0.0324. The minimum atomic E-state index is -0.364. The van der Waals surface area contributed by atoms with E-state index >= 15 is 0 Å². The number of nitrogens with zero attached hydrogens (tertiary/aromatic N) is 3. The summed E-state index contributed by atoms with van der Waals surface area (Å²) in [4.78, 5) is 15.4. The second-order valence-electron chi connectivity index (χ2n) is 4.57. The molecule has 0 aliphatic carbocycles. The van der Waals surface area contributed by atoms with E-state index in [0.717, 1.165) is 14.2 Å². The van der Waals surface area contributed by atoms with Crippen LogP contribution in [-0.4, -0.2) is 34.7 Å². The lowest BCUT2D eigenvalue weighted by atomic mass is 10.1. The molecule has 0 fully saturated rings. The number of nitrogens with one attached hydrogen (secondary N) is 1. The molecule has 0 aliphatic heterocycles. The number of aryl methyl sites for hydroxylation is 1. The van der Waals surface area contributed by atoms with Gasteiger partial charge < -0.3 is 10.2 Å². The Morgan fingerprint density at radius 3 is 2.85 bits per heavy atom. The molecule has 1 N–H and O–H groups in total. The maximum atomic E-state index is 12.5. The summed E-state index contributed by atoms with van der Waals surface area (Å²) < 4.78 is 2.77. The largest absolute Gasteiger partial charge is 0.339 e. The van der Waals surface area contributed by atoms with Crippen molar-refractivity contribution in [2.75, 3.05) is 14.1 Å². The summed E-state index contributed by atoms with van der Waals surface area (Å²) in [7, 11) is 5.44. The van der Waals surface area contributed by atoms with Crippen molar-refractivity contribution >= 4 is 33.2 Å². The highest BCUT2D eigenvalue weighted by atomic mass is 79.9. The number of hydrogen-bond acceptors (Lipinski definition) is 4. The molecule has 20 heavy (non-hydrogen) atoms. The molecule has 0 saturated carbocycles. The molecule has 2 rings (SSSR count). The maximum absolute atomic E-state index is 12.5. The van der Waals surface area contributed by atoms with Crippen molar-refractivity contribution in [2.45, 2.75) is 12.6 Å². The predicted molar refractivity (Wildman–Crippen MR) is 83.5 cm³/mol. The van der Waals surface area contributed by atoms with Crippen molar-refractivity contribution < 1.29 is 4.79 Å². The molecule has 7 heteroatoms. The Hall–Kier alpha value is -1.18. The first kappa shape index (κ1) is 15.2. The van der Waals surface area contributed by atoms with E-state index in [2.05, 4.69) is 26.3 Å². The molecule has 1 amide bonds. The van der Waals surface area contributed by atoms with Crippen LogP contribution in [0.4, 0.5) is 0 Å². The van der Waals surface area contributed by atoms with Gasteiger partial charge in [0, 0.05) is 30.7 Å². The molecule has 2 aromatic heterocycles. The van der Waals surface area contributed by atoms with Gasteiger partial charge in [0.15, 0.2) is 0 Å². The van der Waals surface area contributed by atoms with Crippen molar-refractivity contribution in [1.82, 2.24) is 20.0 Å². The molecule has 0 radical (unpaired) electrons. The third-order valence-electron chi connectivity index (χ3n) is 2.99. The van der Waals surface area contributed by atoms with Gasteiger partial charge in [-0.3, -0.25) is 9.48 Å². The molecular formula is C13H17BrN4OS. The number of rotatable bonds is 5. The maximum Gasteiger partial charge on any atom is 0.244 e. The van der Waals surface area contributed by atoms with Crippen LogP contribution in [0.25, 0.3) is 0 Å². The van der Waals surface area contributed by atoms with Gasteiger partial charge in [-0.2, -0.15) is 5.10 Å². The first-order chi connectivity index (χ1) is 9.51.